The summed E-state index contributed by atoms with van der Waals surface area (Å²) in [6.07, 6.45) is 0.958. The Hall–Kier alpha value is 1.76. The summed E-state index contributed by atoms with van der Waals surface area (Å²) in [6, 6.07) is 0. The van der Waals surface area contributed by atoms with Gasteiger partial charge in [-0.15, -0.1) is 0 Å². The van der Waals surface area contributed by atoms with Gasteiger partial charge in [0, 0.05) is 17.8 Å². The van der Waals surface area contributed by atoms with Crippen LogP contribution in [0.5, 0.6) is 0 Å². The van der Waals surface area contributed by atoms with E-state index in [0.717, 1.165) is 24.2 Å². The molecule has 54 valence electrons. The molecule has 0 aliphatic rings. The molecule has 9 heavy (non-hydrogen) atoms. The third kappa shape index (κ3) is 12.9. The Bertz CT molecular complexity index is 81.5. The van der Waals surface area contributed by atoms with Crippen molar-refractivity contribution in [3.05, 3.63) is 0 Å². The normalized spacial score (nSPS) is 12.2. The van der Waals surface area contributed by atoms with Crippen molar-refractivity contribution in [3.63, 3.8) is 0 Å². The summed E-state index contributed by atoms with van der Waals surface area (Å²) in [5, 5.41) is 0. The van der Waals surface area contributed by atoms with E-state index < -0.39 is 8.25 Å². The van der Waals surface area contributed by atoms with E-state index in [1.165, 1.54) is 0 Å². The van der Waals surface area contributed by atoms with Gasteiger partial charge >= 0.3 is 46.0 Å². The second kappa shape index (κ2) is 9.76. The molecule has 0 radical (unpaired) electrons. The fourth-order valence-electron chi connectivity index (χ4n) is 0.175. The van der Waals surface area contributed by atoms with Crippen molar-refractivity contribution in [2.24, 2.45) is 0 Å². The average Bonchev–Trinajstić information content (AvgIpc) is 1.66. The third-order valence-corrected chi connectivity index (χ3v) is 2.03. The van der Waals surface area contributed by atoms with Crippen LogP contribution in [0.1, 0.15) is 13.3 Å². The van der Waals surface area contributed by atoms with E-state index in [1.807, 2.05) is 6.92 Å². The molecular formula is C3H11CaO3PS. The van der Waals surface area contributed by atoms with Gasteiger partial charge in [0.1, 0.15) is 0 Å². The zero-order valence-corrected chi connectivity index (χ0v) is 6.40. The molecule has 0 heterocycles. The van der Waals surface area contributed by atoms with Crippen LogP contribution < -0.4 is 0 Å². The van der Waals surface area contributed by atoms with Crippen LogP contribution in [0.25, 0.3) is 0 Å². The van der Waals surface area contributed by atoms with Crippen molar-refractivity contribution in [1.82, 2.24) is 0 Å². The first kappa shape index (κ1) is 13.4. The van der Waals surface area contributed by atoms with Gasteiger partial charge in [-0.1, -0.05) is 6.92 Å². The summed E-state index contributed by atoms with van der Waals surface area (Å²) in [4.78, 5) is 8.08. The first-order chi connectivity index (χ1) is 3.77. The van der Waals surface area contributed by atoms with Gasteiger partial charge in [-0.05, 0) is 6.42 Å². The van der Waals surface area contributed by atoms with E-state index in [4.69, 9.17) is 4.89 Å². The molecule has 1 unspecified atom stereocenters. The monoisotopic (exact) mass is 198 g/mol. The van der Waals surface area contributed by atoms with Gasteiger partial charge in [-0.2, -0.15) is 0 Å². The van der Waals surface area contributed by atoms with Gasteiger partial charge in [0.25, 0.3) is 0 Å². The Morgan fingerprint density at radius 2 is 2.33 bits per heavy atom. The molecule has 0 aromatic carbocycles. The van der Waals surface area contributed by atoms with Crippen LogP contribution in [-0.4, -0.2) is 48.4 Å². The predicted octanol–water partition coefficient (Wildman–Crippen LogP) is 0.527. The SMILES string of the molecule is CCCSO[PH](=O)O.[CaH2]. The number of hydrogen-bond donors (Lipinski definition) is 1. The molecule has 0 rings (SSSR count). The summed E-state index contributed by atoms with van der Waals surface area (Å²) in [5.74, 6) is 0.775. The fourth-order valence-corrected chi connectivity index (χ4v) is 1.08. The Balaban J connectivity index is 0. The van der Waals surface area contributed by atoms with Crippen molar-refractivity contribution in [3.8, 4) is 0 Å². The predicted molar refractivity (Wildman–Crippen MR) is 43.6 cm³/mol. The maximum atomic E-state index is 9.82. The number of rotatable bonds is 4. The molecule has 3 nitrogen and oxygen atoms in total. The van der Waals surface area contributed by atoms with Gasteiger partial charge < -0.3 is 4.89 Å². The third-order valence-electron chi connectivity index (χ3n) is 0.418. The molecule has 0 saturated heterocycles. The van der Waals surface area contributed by atoms with Gasteiger partial charge in [-0.3, -0.25) is 4.57 Å². The van der Waals surface area contributed by atoms with E-state index in [0.29, 0.717) is 0 Å². The molecule has 0 aliphatic carbocycles. The Kier molecular flexibility index (Phi) is 14.5. The molecule has 0 fully saturated rings. The topological polar surface area (TPSA) is 46.5 Å². The van der Waals surface area contributed by atoms with Crippen LogP contribution in [0.4, 0.5) is 0 Å². The molecule has 0 aromatic heterocycles. The second-order valence-electron chi connectivity index (χ2n) is 1.17. The molecular weight excluding hydrogens is 187 g/mol. The molecule has 0 spiro atoms. The van der Waals surface area contributed by atoms with Crippen molar-refractivity contribution >= 4 is 58.0 Å². The van der Waals surface area contributed by atoms with E-state index in [2.05, 4.69) is 3.97 Å². The Labute approximate surface area is 89.7 Å². The van der Waals surface area contributed by atoms with Gasteiger partial charge in [-0.25, -0.2) is 3.97 Å². The summed E-state index contributed by atoms with van der Waals surface area (Å²) in [5.41, 5.74) is 0. The molecule has 0 bridgehead atoms. The van der Waals surface area contributed by atoms with E-state index in [-0.39, 0.29) is 37.7 Å². The van der Waals surface area contributed by atoms with E-state index >= 15 is 0 Å². The minimum absolute atomic E-state index is 0. The molecule has 0 aromatic rings. The van der Waals surface area contributed by atoms with Gasteiger partial charge in [0.05, 0.1) is 0 Å². The zero-order valence-electron chi connectivity index (χ0n) is 4.59. The quantitative estimate of drug-likeness (QED) is 0.310. The summed E-state index contributed by atoms with van der Waals surface area (Å²) >= 11 is 1.04. The summed E-state index contributed by atoms with van der Waals surface area (Å²) in [7, 11) is -2.69. The van der Waals surface area contributed by atoms with Gasteiger partial charge in [0.2, 0.25) is 0 Å². The fraction of sp³-hybridized carbons (Fsp3) is 1.00. The first-order valence-electron chi connectivity index (χ1n) is 2.29. The molecule has 1 N–H and O–H groups in total. The summed E-state index contributed by atoms with van der Waals surface area (Å²) in [6.45, 7) is 1.98. The Morgan fingerprint density at radius 1 is 1.78 bits per heavy atom. The molecule has 6 heteroatoms. The van der Waals surface area contributed by atoms with E-state index in [1.54, 1.807) is 0 Å². The van der Waals surface area contributed by atoms with Crippen molar-refractivity contribution in [2.75, 3.05) is 5.75 Å². The standard InChI is InChI=1S/C3H9O3PS.Ca.2H/c1-2-3-8-6-7(4)5;;;/h7H,2-3H2,1H3,(H,4,5);;;. The second-order valence-corrected chi connectivity index (χ2v) is 3.01. The molecule has 0 aliphatic heterocycles. The number of hydrogen-bond acceptors (Lipinski definition) is 3. The van der Waals surface area contributed by atoms with Crippen LogP contribution in [0, 0.1) is 0 Å². The van der Waals surface area contributed by atoms with Crippen LogP contribution in [0.15, 0.2) is 0 Å². The van der Waals surface area contributed by atoms with Crippen molar-refractivity contribution in [1.29, 1.82) is 0 Å². The zero-order chi connectivity index (χ0) is 6.41. The first-order valence-corrected chi connectivity index (χ1v) is 4.47. The van der Waals surface area contributed by atoms with Crippen molar-refractivity contribution < 1.29 is 13.4 Å². The van der Waals surface area contributed by atoms with Crippen LogP contribution >= 0.6 is 20.3 Å². The van der Waals surface area contributed by atoms with Gasteiger partial charge in [0.15, 0.2) is 0 Å². The van der Waals surface area contributed by atoms with Crippen LogP contribution in [0.2, 0.25) is 0 Å². The molecule has 1 atom stereocenters. The molecule has 0 saturated carbocycles. The van der Waals surface area contributed by atoms with Crippen LogP contribution in [-0.2, 0) is 8.54 Å². The molecule has 0 amide bonds. The maximum absolute atomic E-state index is 9.82. The van der Waals surface area contributed by atoms with Crippen molar-refractivity contribution in [2.45, 2.75) is 13.3 Å². The van der Waals surface area contributed by atoms with E-state index in [9.17, 15) is 4.57 Å². The average molecular weight is 198 g/mol. The summed E-state index contributed by atoms with van der Waals surface area (Å²) < 4.78 is 14.1. The Morgan fingerprint density at radius 3 is 2.67 bits per heavy atom. The van der Waals surface area contributed by atoms with Crippen LogP contribution in [0.3, 0.4) is 0 Å². The minimum atomic E-state index is -2.69.